The van der Waals surface area contributed by atoms with Crippen molar-refractivity contribution in [1.82, 2.24) is 14.8 Å². The Kier molecular flexibility index (Phi) is 4.96. The molecule has 0 spiro atoms. The first-order chi connectivity index (χ1) is 14.0. The second-order valence-corrected chi connectivity index (χ2v) is 7.13. The Morgan fingerprint density at radius 2 is 1.66 bits per heavy atom. The van der Waals surface area contributed by atoms with Gasteiger partial charge < -0.3 is 5.32 Å². The number of nitrogens with zero attached hydrogens (tertiary/aromatic N) is 3. The molecule has 1 amide bonds. The summed E-state index contributed by atoms with van der Waals surface area (Å²) in [6.45, 7) is 6.05. The van der Waals surface area contributed by atoms with Crippen molar-refractivity contribution >= 4 is 11.6 Å². The molecule has 29 heavy (non-hydrogen) atoms. The summed E-state index contributed by atoms with van der Waals surface area (Å²) in [6, 6.07) is 19.5. The van der Waals surface area contributed by atoms with E-state index in [1.165, 1.54) is 5.56 Å². The van der Waals surface area contributed by atoms with E-state index in [9.17, 15) is 4.79 Å². The summed E-state index contributed by atoms with van der Waals surface area (Å²) in [5.41, 5.74) is 7.01. The van der Waals surface area contributed by atoms with E-state index >= 15 is 0 Å². The van der Waals surface area contributed by atoms with Crippen molar-refractivity contribution < 1.29 is 4.79 Å². The van der Waals surface area contributed by atoms with Gasteiger partial charge in [0.25, 0.3) is 5.91 Å². The third kappa shape index (κ3) is 3.80. The molecule has 0 unspecified atom stereocenters. The van der Waals surface area contributed by atoms with Crippen LogP contribution in [0.5, 0.6) is 0 Å². The third-order valence-corrected chi connectivity index (χ3v) is 4.82. The monoisotopic (exact) mass is 382 g/mol. The summed E-state index contributed by atoms with van der Waals surface area (Å²) in [4.78, 5) is 17.2. The Balaban J connectivity index is 1.75. The summed E-state index contributed by atoms with van der Waals surface area (Å²) < 4.78 is 1.78. The van der Waals surface area contributed by atoms with E-state index in [1.54, 1.807) is 23.1 Å². The highest BCUT2D eigenvalue weighted by Gasteiger charge is 2.18. The van der Waals surface area contributed by atoms with Gasteiger partial charge in [0.2, 0.25) is 0 Å². The smallest absolute Gasteiger partial charge is 0.276 e. The molecule has 0 fully saturated rings. The first-order valence-corrected chi connectivity index (χ1v) is 9.48. The molecule has 5 nitrogen and oxygen atoms in total. The van der Waals surface area contributed by atoms with Crippen molar-refractivity contribution in [2.24, 2.45) is 0 Å². The minimum absolute atomic E-state index is 0.236. The van der Waals surface area contributed by atoms with E-state index in [1.807, 2.05) is 63.2 Å². The predicted molar refractivity (Wildman–Crippen MR) is 115 cm³/mol. The minimum Gasteiger partial charge on any atom is -0.320 e. The molecule has 0 bridgehead atoms. The van der Waals surface area contributed by atoms with Crippen LogP contribution in [0.4, 0.5) is 5.69 Å². The number of rotatable bonds is 4. The number of carbonyl (C=O) groups is 1. The van der Waals surface area contributed by atoms with E-state index < -0.39 is 0 Å². The number of para-hydroxylation sites is 1. The highest BCUT2D eigenvalue weighted by molar-refractivity contribution is 6.04. The molecule has 4 aromatic rings. The van der Waals surface area contributed by atoms with E-state index in [0.717, 1.165) is 33.8 Å². The van der Waals surface area contributed by atoms with Crippen molar-refractivity contribution in [3.8, 4) is 16.9 Å². The van der Waals surface area contributed by atoms with Crippen molar-refractivity contribution in [3.63, 3.8) is 0 Å². The lowest BCUT2D eigenvalue weighted by atomic mass is 10.0. The highest BCUT2D eigenvalue weighted by Crippen LogP contribution is 2.26. The van der Waals surface area contributed by atoms with Crippen molar-refractivity contribution in [2.45, 2.75) is 20.8 Å². The molecule has 0 aliphatic carbocycles. The van der Waals surface area contributed by atoms with E-state index in [2.05, 4.69) is 27.5 Å². The molecule has 1 N–H and O–H groups in total. The molecule has 2 aromatic carbocycles. The summed E-state index contributed by atoms with van der Waals surface area (Å²) in [5.74, 6) is -0.236. The van der Waals surface area contributed by atoms with Crippen LogP contribution in [0.2, 0.25) is 0 Å². The fourth-order valence-electron chi connectivity index (χ4n) is 3.53. The molecule has 4 rings (SSSR count). The third-order valence-electron chi connectivity index (χ3n) is 4.82. The number of nitrogens with one attached hydrogen (secondary N) is 1. The van der Waals surface area contributed by atoms with Gasteiger partial charge in [0.1, 0.15) is 0 Å². The molecule has 0 saturated carbocycles. The van der Waals surface area contributed by atoms with Gasteiger partial charge in [-0.3, -0.25) is 9.78 Å². The SMILES string of the molecule is Cc1cc(C)c(NC(=O)c2cc(-c3cccnc3)n(-c3ccccc3)n2)c(C)c1. The number of hydrogen-bond donors (Lipinski definition) is 1. The lowest BCUT2D eigenvalue weighted by Gasteiger charge is -2.12. The van der Waals surface area contributed by atoms with Crippen molar-refractivity contribution in [1.29, 1.82) is 0 Å². The lowest BCUT2D eigenvalue weighted by Crippen LogP contribution is -2.15. The first-order valence-electron chi connectivity index (χ1n) is 9.48. The van der Waals surface area contributed by atoms with Crippen LogP contribution in [0.25, 0.3) is 16.9 Å². The Labute approximate surface area is 170 Å². The van der Waals surface area contributed by atoms with Crippen LogP contribution >= 0.6 is 0 Å². The largest absolute Gasteiger partial charge is 0.320 e. The fourth-order valence-corrected chi connectivity index (χ4v) is 3.53. The van der Waals surface area contributed by atoms with Gasteiger partial charge in [0, 0.05) is 23.6 Å². The normalized spacial score (nSPS) is 10.7. The molecule has 0 aliphatic heterocycles. The van der Waals surface area contributed by atoms with E-state index in [4.69, 9.17) is 0 Å². The lowest BCUT2D eigenvalue weighted by molar-refractivity contribution is 0.102. The van der Waals surface area contributed by atoms with Crippen LogP contribution in [0.1, 0.15) is 27.2 Å². The van der Waals surface area contributed by atoms with Gasteiger partial charge in [-0.25, -0.2) is 4.68 Å². The second kappa shape index (κ2) is 7.72. The second-order valence-electron chi connectivity index (χ2n) is 7.13. The number of anilines is 1. The van der Waals surface area contributed by atoms with Crippen LogP contribution in [0.15, 0.2) is 73.1 Å². The quantitative estimate of drug-likeness (QED) is 0.533. The summed E-state index contributed by atoms with van der Waals surface area (Å²) in [6.07, 6.45) is 3.50. The summed E-state index contributed by atoms with van der Waals surface area (Å²) in [7, 11) is 0. The maximum Gasteiger partial charge on any atom is 0.276 e. The number of pyridine rings is 1. The fraction of sp³-hybridized carbons (Fsp3) is 0.125. The highest BCUT2D eigenvalue weighted by atomic mass is 16.2. The Bertz CT molecular complexity index is 1080. The number of aryl methyl sites for hydroxylation is 3. The number of hydrogen-bond acceptors (Lipinski definition) is 3. The van der Waals surface area contributed by atoms with E-state index in [-0.39, 0.29) is 5.91 Å². The number of benzene rings is 2. The molecule has 0 saturated heterocycles. The van der Waals surface area contributed by atoms with Crippen molar-refractivity contribution in [3.05, 3.63) is 95.4 Å². The Morgan fingerprint density at radius 1 is 0.931 bits per heavy atom. The summed E-state index contributed by atoms with van der Waals surface area (Å²) in [5, 5.41) is 7.64. The zero-order valence-corrected chi connectivity index (χ0v) is 16.7. The molecular formula is C24H22N4O. The minimum atomic E-state index is -0.236. The molecule has 2 aromatic heterocycles. The topological polar surface area (TPSA) is 59.8 Å². The molecule has 0 radical (unpaired) electrons. The predicted octanol–water partition coefficient (Wildman–Crippen LogP) is 5.11. The Morgan fingerprint density at radius 3 is 2.31 bits per heavy atom. The van der Waals surface area contributed by atoms with Gasteiger partial charge >= 0.3 is 0 Å². The van der Waals surface area contributed by atoms with Gasteiger partial charge in [-0.2, -0.15) is 5.10 Å². The molecule has 5 heteroatoms. The van der Waals surface area contributed by atoms with Crippen LogP contribution < -0.4 is 5.32 Å². The molecule has 0 atom stereocenters. The van der Waals surface area contributed by atoms with Gasteiger partial charge in [0.05, 0.1) is 11.4 Å². The number of aromatic nitrogens is 3. The van der Waals surface area contributed by atoms with Gasteiger partial charge in [-0.1, -0.05) is 35.9 Å². The van der Waals surface area contributed by atoms with Crippen LogP contribution in [-0.4, -0.2) is 20.7 Å². The molecule has 0 aliphatic rings. The number of carbonyl (C=O) groups excluding carboxylic acids is 1. The zero-order chi connectivity index (χ0) is 20.4. The average Bonchev–Trinajstić information content (AvgIpc) is 3.17. The maximum absolute atomic E-state index is 13.0. The van der Waals surface area contributed by atoms with Crippen LogP contribution in [-0.2, 0) is 0 Å². The van der Waals surface area contributed by atoms with Crippen LogP contribution in [0.3, 0.4) is 0 Å². The van der Waals surface area contributed by atoms with Crippen LogP contribution in [0, 0.1) is 20.8 Å². The summed E-state index contributed by atoms with van der Waals surface area (Å²) >= 11 is 0. The van der Waals surface area contributed by atoms with Crippen molar-refractivity contribution in [2.75, 3.05) is 5.32 Å². The average molecular weight is 382 g/mol. The van der Waals surface area contributed by atoms with E-state index in [0.29, 0.717) is 5.69 Å². The molecule has 144 valence electrons. The zero-order valence-electron chi connectivity index (χ0n) is 16.7. The Hall–Kier alpha value is -3.73. The first kappa shape index (κ1) is 18.6. The standard InChI is InChI=1S/C24H22N4O/c1-16-12-17(2)23(18(3)13-16)26-24(29)21-14-22(19-8-7-11-25-15-19)28(27-21)20-9-5-4-6-10-20/h4-15H,1-3H3,(H,26,29). The molecular weight excluding hydrogens is 360 g/mol. The molecule has 2 heterocycles. The van der Waals surface area contributed by atoms with Gasteiger partial charge in [-0.15, -0.1) is 0 Å². The van der Waals surface area contributed by atoms with Gasteiger partial charge in [0.15, 0.2) is 5.69 Å². The van der Waals surface area contributed by atoms with Gasteiger partial charge in [-0.05, 0) is 62.2 Å². The maximum atomic E-state index is 13.0. The number of amides is 1.